The van der Waals surface area contributed by atoms with Crippen LogP contribution >= 0.6 is 0 Å². The van der Waals surface area contributed by atoms with Gasteiger partial charge < -0.3 is 5.32 Å². The van der Waals surface area contributed by atoms with E-state index in [9.17, 15) is 4.79 Å². The normalized spacial score (nSPS) is 28.1. The van der Waals surface area contributed by atoms with Gasteiger partial charge in [0.2, 0.25) is 5.91 Å². The SMILES string of the molecule is O=C(Nc1cccc2cccnc12)C1CC2CC2C1. The average Bonchev–Trinajstić information content (AvgIpc) is 3.05. The number of anilines is 1. The molecule has 0 aliphatic heterocycles. The molecule has 2 fully saturated rings. The fraction of sp³-hybridized carbons (Fsp3) is 0.375. The van der Waals surface area contributed by atoms with Crippen LogP contribution in [-0.4, -0.2) is 10.9 Å². The first-order valence-corrected chi connectivity index (χ1v) is 6.96. The first-order valence-electron chi connectivity index (χ1n) is 6.96. The van der Waals surface area contributed by atoms with Crippen molar-refractivity contribution >= 4 is 22.5 Å². The van der Waals surface area contributed by atoms with Crippen LogP contribution < -0.4 is 5.32 Å². The number of carbonyl (C=O) groups excluding carboxylic acids is 1. The molecule has 2 atom stereocenters. The Morgan fingerprint density at radius 3 is 2.74 bits per heavy atom. The Labute approximate surface area is 112 Å². The largest absolute Gasteiger partial charge is 0.324 e. The van der Waals surface area contributed by atoms with Crippen LogP contribution in [0.3, 0.4) is 0 Å². The van der Waals surface area contributed by atoms with Crippen molar-refractivity contribution in [3.05, 3.63) is 36.5 Å². The molecule has 3 nitrogen and oxygen atoms in total. The number of benzene rings is 1. The molecule has 4 rings (SSSR count). The van der Waals surface area contributed by atoms with Crippen LogP contribution in [0.15, 0.2) is 36.5 Å². The molecule has 1 amide bonds. The Kier molecular flexibility index (Phi) is 2.34. The lowest BCUT2D eigenvalue weighted by Gasteiger charge is -2.13. The number of fused-ring (bicyclic) bond motifs is 2. The number of amides is 1. The van der Waals surface area contributed by atoms with Crippen molar-refractivity contribution in [2.45, 2.75) is 19.3 Å². The molecule has 0 saturated heterocycles. The van der Waals surface area contributed by atoms with Gasteiger partial charge in [-0.25, -0.2) is 0 Å². The summed E-state index contributed by atoms with van der Waals surface area (Å²) in [5.41, 5.74) is 1.71. The third-order valence-electron chi connectivity index (χ3n) is 4.50. The number of rotatable bonds is 2. The molecule has 2 aliphatic rings. The molecule has 2 aromatic rings. The summed E-state index contributed by atoms with van der Waals surface area (Å²) in [7, 11) is 0. The molecule has 1 aromatic carbocycles. The Hall–Kier alpha value is -1.90. The molecule has 2 saturated carbocycles. The topological polar surface area (TPSA) is 42.0 Å². The van der Waals surface area contributed by atoms with E-state index < -0.39 is 0 Å². The van der Waals surface area contributed by atoms with Crippen LogP contribution in [0, 0.1) is 17.8 Å². The predicted octanol–water partition coefficient (Wildman–Crippen LogP) is 3.22. The lowest BCUT2D eigenvalue weighted by Crippen LogP contribution is -2.21. The highest BCUT2D eigenvalue weighted by Gasteiger charge is 2.47. The van der Waals surface area contributed by atoms with E-state index in [2.05, 4.69) is 10.3 Å². The summed E-state index contributed by atoms with van der Waals surface area (Å²) in [6.45, 7) is 0. The minimum Gasteiger partial charge on any atom is -0.324 e. The molecule has 1 aromatic heterocycles. The van der Waals surface area contributed by atoms with Gasteiger partial charge in [-0.15, -0.1) is 0 Å². The highest BCUT2D eigenvalue weighted by molar-refractivity contribution is 6.01. The third kappa shape index (κ3) is 1.89. The van der Waals surface area contributed by atoms with Crippen LogP contribution in [0.4, 0.5) is 5.69 Å². The zero-order chi connectivity index (χ0) is 12.8. The van der Waals surface area contributed by atoms with Crippen molar-refractivity contribution < 1.29 is 4.79 Å². The second kappa shape index (κ2) is 4.05. The van der Waals surface area contributed by atoms with E-state index in [-0.39, 0.29) is 11.8 Å². The van der Waals surface area contributed by atoms with Crippen LogP contribution in [0.25, 0.3) is 10.9 Å². The van der Waals surface area contributed by atoms with Gasteiger partial charge >= 0.3 is 0 Å². The highest BCUT2D eigenvalue weighted by atomic mass is 16.1. The van der Waals surface area contributed by atoms with E-state index >= 15 is 0 Å². The summed E-state index contributed by atoms with van der Waals surface area (Å²) >= 11 is 0. The Balaban J connectivity index is 1.59. The van der Waals surface area contributed by atoms with Gasteiger partial charge in [0.1, 0.15) is 0 Å². The quantitative estimate of drug-likeness (QED) is 0.891. The Morgan fingerprint density at radius 2 is 1.89 bits per heavy atom. The highest BCUT2D eigenvalue weighted by Crippen LogP contribution is 2.54. The first kappa shape index (κ1) is 11.0. The van der Waals surface area contributed by atoms with E-state index in [0.717, 1.165) is 41.3 Å². The van der Waals surface area contributed by atoms with E-state index in [1.807, 2.05) is 30.3 Å². The van der Waals surface area contributed by atoms with Crippen molar-refractivity contribution in [1.29, 1.82) is 0 Å². The summed E-state index contributed by atoms with van der Waals surface area (Å²) < 4.78 is 0. The number of para-hydroxylation sites is 1. The van der Waals surface area contributed by atoms with Crippen molar-refractivity contribution in [1.82, 2.24) is 4.98 Å². The average molecular weight is 252 g/mol. The van der Waals surface area contributed by atoms with E-state index in [4.69, 9.17) is 0 Å². The number of hydrogen-bond donors (Lipinski definition) is 1. The molecule has 0 bridgehead atoms. The van der Waals surface area contributed by atoms with Gasteiger partial charge in [0, 0.05) is 17.5 Å². The predicted molar refractivity (Wildman–Crippen MR) is 74.7 cm³/mol. The molecular weight excluding hydrogens is 236 g/mol. The summed E-state index contributed by atoms with van der Waals surface area (Å²) in [5, 5.41) is 4.13. The number of nitrogens with zero attached hydrogens (tertiary/aromatic N) is 1. The second-order valence-corrected chi connectivity index (χ2v) is 5.79. The molecule has 2 aliphatic carbocycles. The summed E-state index contributed by atoms with van der Waals surface area (Å²) in [4.78, 5) is 16.7. The Morgan fingerprint density at radius 1 is 1.11 bits per heavy atom. The lowest BCUT2D eigenvalue weighted by atomic mass is 10.0. The maximum absolute atomic E-state index is 12.3. The van der Waals surface area contributed by atoms with Gasteiger partial charge in [0.15, 0.2) is 0 Å². The Bertz CT molecular complexity index is 637. The summed E-state index contributed by atoms with van der Waals surface area (Å²) in [6, 6.07) is 9.85. The second-order valence-electron chi connectivity index (χ2n) is 5.79. The molecule has 1 heterocycles. The number of pyridine rings is 1. The van der Waals surface area contributed by atoms with Crippen LogP contribution in [-0.2, 0) is 4.79 Å². The molecule has 0 spiro atoms. The van der Waals surface area contributed by atoms with Crippen molar-refractivity contribution in [3.63, 3.8) is 0 Å². The maximum Gasteiger partial charge on any atom is 0.227 e. The smallest absolute Gasteiger partial charge is 0.227 e. The lowest BCUT2D eigenvalue weighted by molar-refractivity contribution is -0.119. The van der Waals surface area contributed by atoms with E-state index in [1.165, 1.54) is 6.42 Å². The van der Waals surface area contributed by atoms with Crippen molar-refractivity contribution in [2.24, 2.45) is 17.8 Å². The molecule has 2 unspecified atom stereocenters. The van der Waals surface area contributed by atoms with E-state index in [0.29, 0.717) is 0 Å². The molecule has 3 heteroatoms. The molecule has 19 heavy (non-hydrogen) atoms. The van der Waals surface area contributed by atoms with Gasteiger partial charge in [-0.1, -0.05) is 18.2 Å². The summed E-state index contributed by atoms with van der Waals surface area (Å²) in [5.74, 6) is 2.05. The monoisotopic (exact) mass is 252 g/mol. The zero-order valence-electron chi connectivity index (χ0n) is 10.7. The maximum atomic E-state index is 12.3. The third-order valence-corrected chi connectivity index (χ3v) is 4.50. The number of carbonyl (C=O) groups is 1. The van der Waals surface area contributed by atoms with E-state index in [1.54, 1.807) is 6.20 Å². The first-order chi connectivity index (χ1) is 9.31. The van der Waals surface area contributed by atoms with Crippen LogP contribution in [0.2, 0.25) is 0 Å². The minimum atomic E-state index is 0.172. The molecule has 0 radical (unpaired) electrons. The van der Waals surface area contributed by atoms with Gasteiger partial charge in [-0.3, -0.25) is 9.78 Å². The molecule has 1 N–H and O–H groups in total. The van der Waals surface area contributed by atoms with Crippen molar-refractivity contribution in [3.8, 4) is 0 Å². The minimum absolute atomic E-state index is 0.172. The van der Waals surface area contributed by atoms with Gasteiger partial charge in [0.05, 0.1) is 11.2 Å². The van der Waals surface area contributed by atoms with Gasteiger partial charge in [-0.05, 0) is 43.2 Å². The van der Waals surface area contributed by atoms with Crippen LogP contribution in [0.1, 0.15) is 19.3 Å². The van der Waals surface area contributed by atoms with Crippen molar-refractivity contribution in [2.75, 3.05) is 5.32 Å². The number of hydrogen-bond acceptors (Lipinski definition) is 2. The number of aromatic nitrogens is 1. The van der Waals surface area contributed by atoms with Gasteiger partial charge in [0.25, 0.3) is 0 Å². The standard InChI is InChI=1S/C16H16N2O/c19-16(13-8-11-7-12(11)9-13)18-14-5-1-3-10-4-2-6-17-15(10)14/h1-6,11-13H,7-9H2,(H,18,19). The fourth-order valence-corrected chi connectivity index (χ4v) is 3.37. The van der Waals surface area contributed by atoms with Gasteiger partial charge in [-0.2, -0.15) is 0 Å². The fourth-order valence-electron chi connectivity index (χ4n) is 3.37. The molecule has 96 valence electrons. The summed E-state index contributed by atoms with van der Waals surface area (Å²) in [6.07, 6.45) is 5.27. The molecular formula is C16H16N2O. The van der Waals surface area contributed by atoms with Crippen LogP contribution in [0.5, 0.6) is 0 Å². The zero-order valence-corrected chi connectivity index (χ0v) is 10.7. The number of nitrogens with one attached hydrogen (secondary N) is 1.